The number of hydrogen-bond donors (Lipinski definition) is 3. The van der Waals surface area contributed by atoms with E-state index in [0.29, 0.717) is 5.56 Å². The third-order valence-electron chi connectivity index (χ3n) is 5.40. The highest BCUT2D eigenvalue weighted by atomic mass is 19.4. The first-order chi connectivity index (χ1) is 15.7. The minimum atomic E-state index is -6.80. The lowest BCUT2D eigenvalue weighted by Gasteiger charge is -2.38. The fourth-order valence-corrected chi connectivity index (χ4v) is 3.39. The standard InChI is InChI=1S/C22H18F8N2O2/c23-19(24,17-11-15(31-32-17)13-7-3-1-4-8-13)21(27,28)22(29,30)20(25,26)18(34)12-16(33)14-9-5-2-6-10-14/h1-10,12,15,17,31-33H,11H2/b16-12-. The molecule has 0 spiro atoms. The van der Waals surface area contributed by atoms with E-state index >= 15 is 0 Å². The molecule has 0 saturated carbocycles. The maximum Gasteiger partial charge on any atom is 0.386 e. The normalized spacial score (nSPS) is 20.4. The topological polar surface area (TPSA) is 61.4 Å². The van der Waals surface area contributed by atoms with Crippen LogP contribution in [0.1, 0.15) is 23.6 Å². The van der Waals surface area contributed by atoms with Crippen molar-refractivity contribution in [3.63, 3.8) is 0 Å². The molecule has 0 amide bonds. The van der Waals surface area contributed by atoms with Gasteiger partial charge >= 0.3 is 23.7 Å². The fraction of sp³-hybridized carbons (Fsp3) is 0.318. The Morgan fingerprint density at radius 1 is 0.824 bits per heavy atom. The molecule has 1 aliphatic heterocycles. The fourth-order valence-electron chi connectivity index (χ4n) is 3.39. The zero-order valence-electron chi connectivity index (χ0n) is 17.1. The van der Waals surface area contributed by atoms with E-state index in [9.17, 15) is 45.0 Å². The minimum Gasteiger partial charge on any atom is -0.507 e. The van der Waals surface area contributed by atoms with Gasteiger partial charge in [-0.2, -0.15) is 35.1 Å². The maximum absolute atomic E-state index is 14.6. The Morgan fingerprint density at radius 2 is 1.35 bits per heavy atom. The van der Waals surface area contributed by atoms with Crippen LogP contribution in [-0.4, -0.2) is 40.6 Å². The van der Waals surface area contributed by atoms with Gasteiger partial charge in [0.15, 0.2) is 0 Å². The predicted molar refractivity (Wildman–Crippen MR) is 106 cm³/mol. The van der Waals surface area contributed by atoms with Crippen molar-refractivity contribution in [3.8, 4) is 0 Å². The summed E-state index contributed by atoms with van der Waals surface area (Å²) in [5.74, 6) is -29.6. The Labute approximate surface area is 188 Å². The number of allylic oxidation sites excluding steroid dienone is 1. The number of alkyl halides is 8. The van der Waals surface area contributed by atoms with Crippen molar-refractivity contribution in [2.45, 2.75) is 42.2 Å². The van der Waals surface area contributed by atoms with E-state index in [0.717, 1.165) is 12.1 Å². The predicted octanol–water partition coefficient (Wildman–Crippen LogP) is 5.30. The summed E-state index contributed by atoms with van der Waals surface area (Å²) >= 11 is 0. The van der Waals surface area contributed by atoms with Crippen LogP contribution in [0.3, 0.4) is 0 Å². The lowest BCUT2D eigenvalue weighted by atomic mass is 9.89. The molecule has 1 saturated heterocycles. The smallest absolute Gasteiger partial charge is 0.386 e. The number of hydrogen-bond acceptors (Lipinski definition) is 4. The molecule has 2 unspecified atom stereocenters. The molecule has 0 bridgehead atoms. The van der Waals surface area contributed by atoms with Gasteiger partial charge in [-0.25, -0.2) is 10.9 Å². The average Bonchev–Trinajstić information content (AvgIpc) is 3.31. The second-order valence-electron chi connectivity index (χ2n) is 7.65. The van der Waals surface area contributed by atoms with Gasteiger partial charge in [-0.1, -0.05) is 60.7 Å². The van der Waals surface area contributed by atoms with Gasteiger partial charge in [-0.3, -0.25) is 4.79 Å². The van der Waals surface area contributed by atoms with Gasteiger partial charge < -0.3 is 5.11 Å². The number of aliphatic hydroxyl groups excluding tert-OH is 1. The van der Waals surface area contributed by atoms with Crippen LogP contribution in [0.2, 0.25) is 0 Å². The molecule has 1 aliphatic rings. The molecule has 184 valence electrons. The van der Waals surface area contributed by atoms with Crippen LogP contribution in [0.5, 0.6) is 0 Å². The third-order valence-corrected chi connectivity index (χ3v) is 5.40. The van der Waals surface area contributed by atoms with Crippen molar-refractivity contribution >= 4 is 11.5 Å². The Bertz CT molecular complexity index is 1050. The lowest BCUT2D eigenvalue weighted by molar-refractivity contribution is -0.360. The lowest BCUT2D eigenvalue weighted by Crippen LogP contribution is -2.68. The summed E-state index contributed by atoms with van der Waals surface area (Å²) in [5.41, 5.74) is 4.12. The Kier molecular flexibility index (Phi) is 6.78. The van der Waals surface area contributed by atoms with Gasteiger partial charge in [0.2, 0.25) is 5.78 Å². The molecule has 4 nitrogen and oxygen atoms in total. The van der Waals surface area contributed by atoms with Crippen LogP contribution in [-0.2, 0) is 4.79 Å². The first-order valence-corrected chi connectivity index (χ1v) is 9.81. The average molecular weight is 494 g/mol. The second-order valence-corrected chi connectivity index (χ2v) is 7.65. The van der Waals surface area contributed by atoms with Crippen LogP contribution in [0.15, 0.2) is 66.7 Å². The molecular formula is C22H18F8N2O2. The monoisotopic (exact) mass is 494 g/mol. The van der Waals surface area contributed by atoms with Crippen molar-refractivity contribution in [2.24, 2.45) is 0 Å². The molecule has 2 aromatic rings. The molecule has 3 rings (SSSR count). The van der Waals surface area contributed by atoms with Crippen LogP contribution >= 0.6 is 0 Å². The minimum absolute atomic E-state index is 0.264. The Balaban J connectivity index is 1.86. The van der Waals surface area contributed by atoms with Crippen molar-refractivity contribution in [3.05, 3.63) is 77.9 Å². The van der Waals surface area contributed by atoms with Crippen molar-refractivity contribution < 1.29 is 45.0 Å². The van der Waals surface area contributed by atoms with Gasteiger partial charge in [0.25, 0.3) is 0 Å². The summed E-state index contributed by atoms with van der Waals surface area (Å²) in [7, 11) is 0. The molecule has 1 fully saturated rings. The molecular weight excluding hydrogens is 476 g/mol. The second kappa shape index (κ2) is 8.99. The van der Waals surface area contributed by atoms with Crippen LogP contribution in [0, 0.1) is 0 Å². The number of benzene rings is 2. The Hall–Kier alpha value is -2.99. The molecule has 2 atom stereocenters. The van der Waals surface area contributed by atoms with Gasteiger partial charge in [0, 0.05) is 17.7 Å². The quantitative estimate of drug-likeness (QED) is 0.265. The number of aliphatic hydroxyl groups is 1. The van der Waals surface area contributed by atoms with Crippen molar-refractivity contribution in [1.29, 1.82) is 0 Å². The van der Waals surface area contributed by atoms with E-state index in [1.165, 1.54) is 42.5 Å². The van der Waals surface area contributed by atoms with E-state index in [4.69, 9.17) is 0 Å². The zero-order chi connectivity index (χ0) is 25.4. The maximum atomic E-state index is 14.6. The van der Waals surface area contributed by atoms with Crippen LogP contribution in [0.4, 0.5) is 35.1 Å². The van der Waals surface area contributed by atoms with E-state index in [1.54, 1.807) is 11.5 Å². The molecule has 0 aromatic heterocycles. The first-order valence-electron chi connectivity index (χ1n) is 9.81. The number of nitrogens with one attached hydrogen (secondary N) is 2. The van der Waals surface area contributed by atoms with Gasteiger partial charge in [-0.15, -0.1) is 0 Å². The summed E-state index contributed by atoms with van der Waals surface area (Å²) in [5, 5.41) is 9.70. The van der Waals surface area contributed by atoms with Gasteiger partial charge in [-0.05, 0) is 12.0 Å². The van der Waals surface area contributed by atoms with E-state index in [2.05, 4.69) is 5.43 Å². The van der Waals surface area contributed by atoms with Crippen LogP contribution in [0.25, 0.3) is 5.76 Å². The molecule has 2 aromatic carbocycles. The van der Waals surface area contributed by atoms with Gasteiger partial charge in [0.05, 0.1) is 6.04 Å². The van der Waals surface area contributed by atoms with Crippen molar-refractivity contribution in [2.75, 3.05) is 0 Å². The summed E-state index contributed by atoms with van der Waals surface area (Å²) < 4.78 is 115. The van der Waals surface area contributed by atoms with E-state index in [1.807, 2.05) is 0 Å². The number of ketones is 1. The third kappa shape index (κ3) is 4.27. The SMILES string of the molecule is O=C(/C=C(\O)c1ccccc1)C(F)(F)C(F)(F)C(F)(F)C(F)(F)C1CC(c2ccccc2)NN1. The Morgan fingerprint density at radius 3 is 1.91 bits per heavy atom. The number of hydrazine groups is 1. The zero-order valence-corrected chi connectivity index (χ0v) is 17.1. The van der Waals surface area contributed by atoms with Gasteiger partial charge in [0.1, 0.15) is 5.76 Å². The highest BCUT2D eigenvalue weighted by molar-refractivity contribution is 6.01. The van der Waals surface area contributed by atoms with E-state index in [-0.39, 0.29) is 5.56 Å². The van der Waals surface area contributed by atoms with Crippen LogP contribution < -0.4 is 10.9 Å². The van der Waals surface area contributed by atoms with Crippen molar-refractivity contribution in [1.82, 2.24) is 10.9 Å². The molecule has 1 heterocycles. The summed E-state index contributed by atoms with van der Waals surface area (Å²) in [4.78, 5) is 11.8. The molecule has 0 radical (unpaired) electrons. The number of carbonyl (C=O) groups is 1. The number of carbonyl (C=O) groups excluding carboxylic acids is 1. The summed E-state index contributed by atoms with van der Waals surface area (Å²) in [6, 6.07) is 10.2. The molecule has 3 N–H and O–H groups in total. The summed E-state index contributed by atoms with van der Waals surface area (Å²) in [6.45, 7) is 0. The highest BCUT2D eigenvalue weighted by Gasteiger charge is 2.83. The number of rotatable bonds is 8. The first kappa shape index (κ1) is 25.6. The number of halogens is 8. The largest absolute Gasteiger partial charge is 0.507 e. The summed E-state index contributed by atoms with van der Waals surface area (Å²) in [6.07, 6.45) is -1.24. The molecule has 12 heteroatoms. The molecule has 34 heavy (non-hydrogen) atoms. The van der Waals surface area contributed by atoms with E-state index < -0.39 is 59.8 Å². The molecule has 0 aliphatic carbocycles. The highest BCUT2D eigenvalue weighted by Crippen LogP contribution is 2.55.